The highest BCUT2D eigenvalue weighted by atomic mass is 16.1. The molecule has 2 aliphatic heterocycles. The average molecular weight is 286 g/mol. The molecule has 5 heteroatoms. The molecule has 2 aliphatic rings. The summed E-state index contributed by atoms with van der Waals surface area (Å²) in [6, 6.07) is 4.06. The van der Waals surface area contributed by atoms with Gasteiger partial charge in [-0.1, -0.05) is 13.3 Å². The summed E-state index contributed by atoms with van der Waals surface area (Å²) in [6.07, 6.45) is 4.67. The van der Waals surface area contributed by atoms with Crippen LogP contribution in [0, 0.1) is 0 Å². The fraction of sp³-hybridized carbons (Fsp3) is 0.500. The Bertz CT molecular complexity index is 581. The Labute approximate surface area is 125 Å². The largest absolute Gasteiger partial charge is 0.367 e. The fourth-order valence-corrected chi connectivity index (χ4v) is 3.10. The Morgan fingerprint density at radius 3 is 3.05 bits per heavy atom. The molecule has 0 bridgehead atoms. The zero-order chi connectivity index (χ0) is 14.8. The summed E-state index contributed by atoms with van der Waals surface area (Å²) in [5.74, 6) is 1.26. The van der Waals surface area contributed by atoms with Crippen molar-refractivity contribution in [1.29, 1.82) is 0 Å². The third kappa shape index (κ3) is 2.65. The van der Waals surface area contributed by atoms with E-state index in [1.807, 2.05) is 19.3 Å². The quantitative estimate of drug-likeness (QED) is 0.856. The smallest absolute Gasteiger partial charge is 0.156 e. The molecular weight excluding hydrogens is 264 g/mol. The van der Waals surface area contributed by atoms with E-state index >= 15 is 0 Å². The molecule has 5 nitrogen and oxygen atoms in total. The van der Waals surface area contributed by atoms with Gasteiger partial charge in [0.05, 0.1) is 13.1 Å². The first-order valence-corrected chi connectivity index (χ1v) is 7.62. The number of anilines is 1. The third-order valence-electron chi connectivity index (χ3n) is 4.02. The van der Waals surface area contributed by atoms with Gasteiger partial charge in [0.2, 0.25) is 0 Å². The summed E-state index contributed by atoms with van der Waals surface area (Å²) in [7, 11) is 1.99. The number of Topliss-reactive ketones (excluding diaryl/α,β-unsaturated/α-hetero) is 1. The number of unbranched alkanes of at least 4 members (excludes halogenated alkanes) is 1. The molecule has 0 atom stereocenters. The summed E-state index contributed by atoms with van der Waals surface area (Å²) in [5, 5.41) is 2.09. The number of aromatic nitrogens is 1. The van der Waals surface area contributed by atoms with Crippen molar-refractivity contribution in [2.75, 3.05) is 31.7 Å². The van der Waals surface area contributed by atoms with Crippen LogP contribution < -0.4 is 10.4 Å². The zero-order valence-corrected chi connectivity index (χ0v) is 12.7. The number of carbonyl (C=O) groups is 1. The van der Waals surface area contributed by atoms with Crippen molar-refractivity contribution in [1.82, 2.24) is 15.3 Å². The number of nitrogens with one attached hydrogen (secondary N) is 1. The molecule has 0 aliphatic carbocycles. The average Bonchev–Trinajstić information content (AvgIpc) is 2.46. The van der Waals surface area contributed by atoms with Crippen LogP contribution in [0.5, 0.6) is 0 Å². The van der Waals surface area contributed by atoms with Gasteiger partial charge < -0.3 is 4.90 Å². The molecule has 21 heavy (non-hydrogen) atoms. The van der Waals surface area contributed by atoms with Crippen LogP contribution in [0.1, 0.15) is 31.7 Å². The molecule has 0 radical (unpaired) electrons. The molecule has 0 amide bonds. The molecule has 0 aromatic carbocycles. The molecule has 1 aromatic heterocycles. The molecule has 3 rings (SSSR count). The van der Waals surface area contributed by atoms with E-state index in [1.54, 1.807) is 0 Å². The van der Waals surface area contributed by atoms with Crippen molar-refractivity contribution >= 4 is 17.3 Å². The zero-order valence-electron chi connectivity index (χ0n) is 12.7. The van der Waals surface area contributed by atoms with Crippen LogP contribution in [0.15, 0.2) is 23.9 Å². The number of hydrogen-bond acceptors (Lipinski definition) is 5. The highest BCUT2D eigenvalue weighted by Gasteiger charge is 2.31. The molecule has 0 fully saturated rings. The number of carbonyl (C=O) groups excluding carboxylic acids is 1. The number of hydrogen-bond donors (Lipinski definition) is 1. The highest BCUT2D eigenvalue weighted by Crippen LogP contribution is 2.37. The van der Waals surface area contributed by atoms with E-state index in [9.17, 15) is 4.79 Å². The summed E-state index contributed by atoms with van der Waals surface area (Å²) >= 11 is 0. The number of fused-ring (bicyclic) bond motifs is 2. The minimum absolute atomic E-state index is 0.289. The molecular formula is C16H22N4O. The van der Waals surface area contributed by atoms with Gasteiger partial charge in [0.25, 0.3) is 0 Å². The lowest BCUT2D eigenvalue weighted by atomic mass is 9.94. The number of ketones is 1. The second kappa shape index (κ2) is 5.85. The maximum atomic E-state index is 11.9. The van der Waals surface area contributed by atoms with Crippen LogP contribution in [0.3, 0.4) is 0 Å². The van der Waals surface area contributed by atoms with Gasteiger partial charge in [0.15, 0.2) is 11.6 Å². The van der Waals surface area contributed by atoms with Gasteiger partial charge in [-0.15, -0.1) is 0 Å². The molecule has 3 heterocycles. The first-order chi connectivity index (χ1) is 10.2. The van der Waals surface area contributed by atoms with Crippen LogP contribution in [0.2, 0.25) is 0 Å². The number of pyridine rings is 1. The monoisotopic (exact) mass is 286 g/mol. The predicted molar refractivity (Wildman–Crippen MR) is 83.7 cm³/mol. The van der Waals surface area contributed by atoms with Crippen molar-refractivity contribution in [2.45, 2.75) is 26.2 Å². The maximum Gasteiger partial charge on any atom is 0.156 e. The summed E-state index contributed by atoms with van der Waals surface area (Å²) in [6.45, 7) is 4.34. The minimum atomic E-state index is 0.289. The van der Waals surface area contributed by atoms with E-state index in [1.165, 1.54) is 11.3 Å². The molecule has 1 aromatic rings. The van der Waals surface area contributed by atoms with Crippen LogP contribution >= 0.6 is 0 Å². The van der Waals surface area contributed by atoms with Gasteiger partial charge in [0.1, 0.15) is 0 Å². The second-order valence-corrected chi connectivity index (χ2v) is 5.75. The predicted octanol–water partition coefficient (Wildman–Crippen LogP) is 1.82. The lowest BCUT2D eigenvalue weighted by molar-refractivity contribution is -0.119. The number of nitrogens with zero attached hydrogens (tertiary/aromatic N) is 3. The van der Waals surface area contributed by atoms with Crippen molar-refractivity contribution in [2.24, 2.45) is 0 Å². The Balaban J connectivity index is 1.95. The van der Waals surface area contributed by atoms with Crippen molar-refractivity contribution in [3.05, 3.63) is 29.5 Å². The van der Waals surface area contributed by atoms with Gasteiger partial charge in [-0.25, -0.2) is 10.4 Å². The minimum Gasteiger partial charge on any atom is -0.367 e. The van der Waals surface area contributed by atoms with E-state index in [2.05, 4.69) is 33.3 Å². The van der Waals surface area contributed by atoms with Gasteiger partial charge in [-0.05, 0) is 24.1 Å². The Morgan fingerprint density at radius 2 is 2.24 bits per heavy atom. The normalized spacial score (nSPS) is 17.9. The lowest BCUT2D eigenvalue weighted by Gasteiger charge is -2.39. The van der Waals surface area contributed by atoms with Crippen molar-refractivity contribution < 1.29 is 4.79 Å². The highest BCUT2D eigenvalue weighted by molar-refractivity contribution is 5.92. The summed E-state index contributed by atoms with van der Waals surface area (Å²) < 4.78 is 0. The van der Waals surface area contributed by atoms with Crippen LogP contribution in [-0.4, -0.2) is 42.3 Å². The SMILES string of the molecule is CCCCNN1CC2=C(c3cccnc31)N(C)CC(=O)C2. The molecule has 0 saturated heterocycles. The van der Waals surface area contributed by atoms with Crippen LogP contribution in [0.25, 0.3) is 5.70 Å². The molecule has 0 spiro atoms. The summed E-state index contributed by atoms with van der Waals surface area (Å²) in [5.41, 5.74) is 6.95. The Morgan fingerprint density at radius 1 is 1.38 bits per heavy atom. The first-order valence-electron chi connectivity index (χ1n) is 7.62. The number of hydrazine groups is 1. The molecule has 1 N–H and O–H groups in total. The molecule has 0 saturated carbocycles. The number of rotatable bonds is 4. The number of likely N-dealkylation sites (N-methyl/N-ethyl adjacent to an activating group) is 1. The lowest BCUT2D eigenvalue weighted by Crippen LogP contribution is -2.46. The van der Waals surface area contributed by atoms with E-state index in [0.717, 1.165) is 37.3 Å². The van der Waals surface area contributed by atoms with E-state index in [4.69, 9.17) is 0 Å². The van der Waals surface area contributed by atoms with Gasteiger partial charge >= 0.3 is 0 Å². The summed E-state index contributed by atoms with van der Waals surface area (Å²) in [4.78, 5) is 18.5. The third-order valence-corrected chi connectivity index (χ3v) is 4.02. The Kier molecular flexibility index (Phi) is 3.92. The van der Waals surface area contributed by atoms with E-state index < -0.39 is 0 Å². The van der Waals surface area contributed by atoms with Crippen molar-refractivity contribution in [3.8, 4) is 0 Å². The second-order valence-electron chi connectivity index (χ2n) is 5.75. The maximum absolute atomic E-state index is 11.9. The van der Waals surface area contributed by atoms with E-state index in [-0.39, 0.29) is 5.78 Å². The first kappa shape index (κ1) is 14.1. The Hall–Kier alpha value is -1.88. The molecule has 112 valence electrons. The fourth-order valence-electron chi connectivity index (χ4n) is 3.10. The van der Waals surface area contributed by atoms with Gasteiger partial charge in [-0.2, -0.15) is 0 Å². The topological polar surface area (TPSA) is 48.5 Å². The standard InChI is InChI=1S/C16H22N4O/c1-3-4-8-18-20-10-12-9-13(21)11-19(2)15(12)14-6-5-7-17-16(14)20/h5-7,18H,3-4,8-11H2,1-2H3. The van der Waals surface area contributed by atoms with Gasteiger partial charge in [-0.3, -0.25) is 9.80 Å². The van der Waals surface area contributed by atoms with Gasteiger partial charge in [0, 0.05) is 37.5 Å². The van der Waals surface area contributed by atoms with Crippen LogP contribution in [-0.2, 0) is 4.79 Å². The van der Waals surface area contributed by atoms with Crippen molar-refractivity contribution in [3.63, 3.8) is 0 Å². The molecule has 0 unspecified atom stereocenters. The van der Waals surface area contributed by atoms with Crippen LogP contribution in [0.4, 0.5) is 5.82 Å². The van der Waals surface area contributed by atoms with E-state index in [0.29, 0.717) is 13.0 Å².